The van der Waals surface area contributed by atoms with Gasteiger partial charge in [-0.05, 0) is 30.9 Å². The maximum absolute atomic E-state index is 12.3. The number of carbonyl (C=O) groups is 1. The molecular formula is C18H25N3OS2. The van der Waals surface area contributed by atoms with Crippen molar-refractivity contribution in [1.29, 1.82) is 0 Å². The molecule has 0 radical (unpaired) electrons. The van der Waals surface area contributed by atoms with Crippen LogP contribution in [0.4, 0.5) is 5.13 Å². The molecule has 0 aliphatic heterocycles. The number of rotatable bonds is 9. The summed E-state index contributed by atoms with van der Waals surface area (Å²) in [6.45, 7) is 6.32. The lowest BCUT2D eigenvalue weighted by Gasteiger charge is -2.12. The summed E-state index contributed by atoms with van der Waals surface area (Å²) < 4.78 is 0.884. The largest absolute Gasteiger partial charge is 0.300 e. The zero-order valence-corrected chi connectivity index (χ0v) is 16.2. The van der Waals surface area contributed by atoms with Crippen molar-refractivity contribution < 1.29 is 4.79 Å². The minimum atomic E-state index is 0.0666. The highest BCUT2D eigenvalue weighted by Gasteiger charge is 2.17. The van der Waals surface area contributed by atoms with E-state index in [4.69, 9.17) is 0 Å². The lowest BCUT2D eigenvalue weighted by molar-refractivity contribution is -0.120. The van der Waals surface area contributed by atoms with Gasteiger partial charge in [-0.15, -0.1) is 10.2 Å². The maximum atomic E-state index is 12.3. The topological polar surface area (TPSA) is 54.9 Å². The molecule has 2 rings (SSSR count). The second kappa shape index (κ2) is 9.79. The normalized spacial score (nSPS) is 12.1. The fourth-order valence-electron chi connectivity index (χ4n) is 2.41. The van der Waals surface area contributed by atoms with Crippen molar-refractivity contribution >= 4 is 34.1 Å². The lowest BCUT2D eigenvalue weighted by atomic mass is 9.99. The molecule has 0 aliphatic carbocycles. The van der Waals surface area contributed by atoms with Crippen molar-refractivity contribution in [3.05, 3.63) is 35.4 Å². The molecule has 1 atom stereocenters. The Morgan fingerprint density at radius 3 is 2.79 bits per heavy atom. The lowest BCUT2D eigenvalue weighted by Crippen LogP contribution is -2.22. The van der Waals surface area contributed by atoms with E-state index in [1.165, 1.54) is 22.5 Å². The van der Waals surface area contributed by atoms with Gasteiger partial charge in [0.15, 0.2) is 4.34 Å². The molecule has 0 spiro atoms. The first-order valence-corrected chi connectivity index (χ1v) is 10.3. The summed E-state index contributed by atoms with van der Waals surface area (Å²) in [5.41, 5.74) is 2.58. The van der Waals surface area contributed by atoms with Gasteiger partial charge < -0.3 is 5.32 Å². The first-order chi connectivity index (χ1) is 11.6. The average molecular weight is 364 g/mol. The van der Waals surface area contributed by atoms with Crippen LogP contribution in [0, 0.1) is 12.8 Å². The highest BCUT2D eigenvalue weighted by atomic mass is 32.2. The molecule has 4 nitrogen and oxygen atoms in total. The van der Waals surface area contributed by atoms with Gasteiger partial charge in [0, 0.05) is 11.7 Å². The van der Waals surface area contributed by atoms with Crippen LogP contribution in [0.5, 0.6) is 0 Å². The quantitative estimate of drug-likeness (QED) is 0.485. The van der Waals surface area contributed by atoms with Gasteiger partial charge in [-0.2, -0.15) is 0 Å². The van der Waals surface area contributed by atoms with E-state index in [1.54, 1.807) is 11.8 Å². The number of nitrogens with one attached hydrogen (secondary N) is 1. The molecule has 2 aromatic rings. The van der Waals surface area contributed by atoms with Gasteiger partial charge in [0.25, 0.3) is 0 Å². The number of unbranched alkanes of at least 4 members (excludes halogenated alkanes) is 1. The van der Waals surface area contributed by atoms with E-state index in [-0.39, 0.29) is 11.8 Å². The fourth-order valence-corrected chi connectivity index (χ4v) is 4.24. The Bertz CT molecular complexity index is 657. The molecule has 1 N–H and O–H groups in total. The maximum Gasteiger partial charge on any atom is 0.229 e. The number of nitrogens with zero attached hydrogens (tertiary/aromatic N) is 2. The highest BCUT2D eigenvalue weighted by molar-refractivity contribution is 8.00. The number of carbonyl (C=O) groups excluding carboxylic acids is 1. The molecule has 0 bridgehead atoms. The molecule has 1 aromatic carbocycles. The molecule has 1 heterocycles. The molecule has 0 saturated heterocycles. The van der Waals surface area contributed by atoms with Crippen molar-refractivity contribution in [2.75, 3.05) is 5.32 Å². The summed E-state index contributed by atoms with van der Waals surface area (Å²) in [6, 6.07) is 8.34. The van der Waals surface area contributed by atoms with E-state index >= 15 is 0 Å². The Kier molecular flexibility index (Phi) is 7.72. The number of thioether (sulfide) groups is 1. The van der Waals surface area contributed by atoms with E-state index in [1.807, 2.05) is 6.07 Å². The first-order valence-electron chi connectivity index (χ1n) is 8.45. The summed E-state index contributed by atoms with van der Waals surface area (Å²) in [4.78, 5) is 12.3. The van der Waals surface area contributed by atoms with Gasteiger partial charge in [0.2, 0.25) is 11.0 Å². The van der Waals surface area contributed by atoms with Gasteiger partial charge in [0.1, 0.15) is 0 Å². The first kappa shape index (κ1) is 18.9. The Hall–Kier alpha value is -1.40. The van der Waals surface area contributed by atoms with Crippen LogP contribution >= 0.6 is 23.1 Å². The third-order valence-electron chi connectivity index (χ3n) is 4.02. The van der Waals surface area contributed by atoms with Gasteiger partial charge in [0.05, 0.1) is 0 Å². The number of benzene rings is 1. The standard InChI is InChI=1S/C18H25N3OS2/c1-4-6-10-14(5-2)16(22)19-17-20-21-18(24-17)23-12-15-11-8-7-9-13(15)3/h7-9,11,14H,4-6,10,12H2,1-3H3,(H,19,20,22). The third kappa shape index (κ3) is 5.60. The molecule has 0 fully saturated rings. The fraction of sp³-hybridized carbons (Fsp3) is 0.500. The second-order valence-electron chi connectivity index (χ2n) is 5.82. The summed E-state index contributed by atoms with van der Waals surface area (Å²) in [5.74, 6) is 0.998. The van der Waals surface area contributed by atoms with Crippen LogP contribution in [-0.2, 0) is 10.5 Å². The number of aromatic nitrogens is 2. The van der Waals surface area contributed by atoms with Gasteiger partial charge in [-0.3, -0.25) is 4.79 Å². The molecule has 24 heavy (non-hydrogen) atoms. The molecule has 6 heteroatoms. The Morgan fingerprint density at radius 2 is 2.08 bits per heavy atom. The predicted octanol–water partition coefficient (Wildman–Crippen LogP) is 5.29. The van der Waals surface area contributed by atoms with E-state index < -0.39 is 0 Å². The predicted molar refractivity (Wildman–Crippen MR) is 103 cm³/mol. The number of amides is 1. The van der Waals surface area contributed by atoms with Gasteiger partial charge in [-0.1, -0.05) is 74.1 Å². The SMILES string of the molecule is CCCCC(CC)C(=O)Nc1nnc(SCc2ccccc2C)s1. The Morgan fingerprint density at radius 1 is 1.29 bits per heavy atom. The number of hydrogen-bond donors (Lipinski definition) is 1. The summed E-state index contributed by atoms with van der Waals surface area (Å²) in [5, 5.41) is 11.8. The molecule has 1 unspecified atom stereocenters. The molecule has 130 valence electrons. The average Bonchev–Trinajstić information content (AvgIpc) is 3.02. The van der Waals surface area contributed by atoms with Crippen molar-refractivity contribution in [3.63, 3.8) is 0 Å². The van der Waals surface area contributed by atoms with E-state index in [0.29, 0.717) is 5.13 Å². The number of hydrogen-bond acceptors (Lipinski definition) is 5. The smallest absolute Gasteiger partial charge is 0.229 e. The Balaban J connectivity index is 1.88. The van der Waals surface area contributed by atoms with Crippen LogP contribution in [0.15, 0.2) is 28.6 Å². The monoisotopic (exact) mass is 363 g/mol. The van der Waals surface area contributed by atoms with Crippen molar-refractivity contribution in [2.45, 2.75) is 56.5 Å². The minimum absolute atomic E-state index is 0.0666. The minimum Gasteiger partial charge on any atom is -0.300 e. The number of anilines is 1. The summed E-state index contributed by atoms with van der Waals surface area (Å²) in [6.07, 6.45) is 3.99. The second-order valence-corrected chi connectivity index (χ2v) is 8.02. The zero-order chi connectivity index (χ0) is 17.4. The van der Waals surface area contributed by atoms with Crippen molar-refractivity contribution in [3.8, 4) is 0 Å². The highest BCUT2D eigenvalue weighted by Crippen LogP contribution is 2.29. The van der Waals surface area contributed by atoms with Crippen molar-refractivity contribution in [2.24, 2.45) is 5.92 Å². The van der Waals surface area contributed by atoms with Crippen LogP contribution < -0.4 is 5.32 Å². The molecule has 0 aliphatic rings. The number of aryl methyl sites for hydroxylation is 1. The van der Waals surface area contributed by atoms with Crippen molar-refractivity contribution in [1.82, 2.24) is 10.2 Å². The molecular weight excluding hydrogens is 338 g/mol. The Labute approximate surface area is 152 Å². The zero-order valence-electron chi connectivity index (χ0n) is 14.5. The summed E-state index contributed by atoms with van der Waals surface area (Å²) >= 11 is 3.10. The van der Waals surface area contributed by atoms with Crippen LogP contribution in [0.25, 0.3) is 0 Å². The van der Waals surface area contributed by atoms with E-state index in [9.17, 15) is 4.79 Å². The van der Waals surface area contributed by atoms with Crippen LogP contribution in [-0.4, -0.2) is 16.1 Å². The van der Waals surface area contributed by atoms with Gasteiger partial charge in [-0.25, -0.2) is 0 Å². The molecule has 0 saturated carbocycles. The van der Waals surface area contributed by atoms with Crippen LogP contribution in [0.3, 0.4) is 0 Å². The van der Waals surface area contributed by atoms with Crippen LogP contribution in [0.2, 0.25) is 0 Å². The third-order valence-corrected chi connectivity index (χ3v) is 6.04. The van der Waals surface area contributed by atoms with E-state index in [0.717, 1.165) is 35.8 Å². The van der Waals surface area contributed by atoms with Gasteiger partial charge >= 0.3 is 0 Å². The van der Waals surface area contributed by atoms with Crippen LogP contribution in [0.1, 0.15) is 50.7 Å². The summed E-state index contributed by atoms with van der Waals surface area (Å²) in [7, 11) is 0. The van der Waals surface area contributed by atoms with E-state index in [2.05, 4.69) is 54.5 Å². The molecule has 1 amide bonds. The molecule has 1 aromatic heterocycles.